The standard InChI is InChI=1S/C41H33N3O7/c45-23-26-12-14-28(15-13-26)37-36(27-6-2-1-3-7-27)35(22-44-24-43-33-8-4-5-9-34(33)44)49-41(50-37)29-16-10-25(11-17-29)21-42-38(46)30-18-19-31-32(20-30)40(48)51-39(31)47/h1-20,24,35-37,41,45H,21-23H2,(H,42,46)/t35-,36-,37+,41?/m1/s1. The number of fused-ring (bicyclic) bond motifs is 2. The van der Waals surface area contributed by atoms with Crippen LogP contribution in [0.5, 0.6) is 0 Å². The molecule has 5 aromatic carbocycles. The Morgan fingerprint density at radius 2 is 1.45 bits per heavy atom. The van der Waals surface area contributed by atoms with E-state index in [2.05, 4.69) is 37.8 Å². The lowest BCUT2D eigenvalue weighted by atomic mass is 9.83. The average Bonchev–Trinajstić information content (AvgIpc) is 3.72. The maximum absolute atomic E-state index is 12.9. The number of hydrogen-bond acceptors (Lipinski definition) is 8. The third-order valence-corrected chi connectivity index (χ3v) is 9.49. The minimum Gasteiger partial charge on any atom is -0.392 e. The minimum atomic E-state index is -0.757. The highest BCUT2D eigenvalue weighted by Gasteiger charge is 2.42. The van der Waals surface area contributed by atoms with E-state index in [4.69, 9.17) is 9.47 Å². The van der Waals surface area contributed by atoms with Crippen LogP contribution in [0.3, 0.4) is 0 Å². The molecular formula is C41H33N3O7. The summed E-state index contributed by atoms with van der Waals surface area (Å²) in [5.41, 5.74) is 6.94. The van der Waals surface area contributed by atoms with Crippen LogP contribution < -0.4 is 5.32 Å². The van der Waals surface area contributed by atoms with Crippen LogP contribution in [-0.4, -0.2) is 38.6 Å². The molecule has 1 aromatic heterocycles. The third kappa shape index (κ3) is 6.43. The number of rotatable bonds is 9. The second kappa shape index (κ2) is 13.8. The number of imidazole rings is 1. The molecule has 1 fully saturated rings. The van der Waals surface area contributed by atoms with E-state index in [1.54, 1.807) is 0 Å². The fourth-order valence-corrected chi connectivity index (χ4v) is 6.82. The van der Waals surface area contributed by atoms with Crippen molar-refractivity contribution in [2.45, 2.75) is 44.1 Å². The highest BCUT2D eigenvalue weighted by atomic mass is 16.7. The van der Waals surface area contributed by atoms with Crippen LogP contribution in [0.1, 0.15) is 77.2 Å². The summed E-state index contributed by atoms with van der Waals surface area (Å²) >= 11 is 0. The molecule has 1 amide bonds. The highest BCUT2D eigenvalue weighted by Crippen LogP contribution is 2.47. The molecule has 0 spiro atoms. The number of esters is 2. The molecule has 254 valence electrons. The van der Waals surface area contributed by atoms with Crippen molar-refractivity contribution in [2.75, 3.05) is 0 Å². The number of nitrogens with one attached hydrogen (secondary N) is 1. The number of carbonyl (C=O) groups excluding carboxylic acids is 3. The molecule has 0 radical (unpaired) electrons. The summed E-state index contributed by atoms with van der Waals surface area (Å²) in [6.07, 6.45) is 0.454. The summed E-state index contributed by atoms with van der Waals surface area (Å²) in [6.45, 7) is 0.716. The first kappa shape index (κ1) is 32.3. The van der Waals surface area contributed by atoms with E-state index in [1.807, 2.05) is 91.3 Å². The fourth-order valence-electron chi connectivity index (χ4n) is 6.82. The van der Waals surface area contributed by atoms with Gasteiger partial charge in [0.15, 0.2) is 6.29 Å². The Kier molecular flexibility index (Phi) is 8.71. The first-order valence-corrected chi connectivity index (χ1v) is 16.7. The average molecular weight is 680 g/mol. The van der Waals surface area contributed by atoms with Crippen molar-refractivity contribution in [3.8, 4) is 0 Å². The lowest BCUT2D eigenvalue weighted by Gasteiger charge is -2.43. The molecule has 10 nitrogen and oxygen atoms in total. The zero-order chi connectivity index (χ0) is 34.9. The second-order valence-corrected chi connectivity index (χ2v) is 12.6. The monoisotopic (exact) mass is 679 g/mol. The smallest absolute Gasteiger partial charge is 0.346 e. The Hall–Kier alpha value is -5.94. The lowest BCUT2D eigenvalue weighted by Crippen LogP contribution is -2.39. The maximum Gasteiger partial charge on any atom is 0.346 e. The van der Waals surface area contributed by atoms with Crippen molar-refractivity contribution in [1.82, 2.24) is 14.9 Å². The Balaban J connectivity index is 1.06. The molecule has 8 rings (SSSR count). The summed E-state index contributed by atoms with van der Waals surface area (Å²) in [6, 6.07) is 38.1. The zero-order valence-electron chi connectivity index (χ0n) is 27.3. The van der Waals surface area contributed by atoms with Crippen LogP contribution in [0.15, 0.2) is 128 Å². The number of nitrogens with zero attached hydrogens (tertiary/aromatic N) is 2. The minimum absolute atomic E-state index is 0.0499. The Morgan fingerprint density at radius 1 is 0.745 bits per heavy atom. The molecule has 2 aliphatic rings. The number of ether oxygens (including phenoxy) is 3. The molecule has 2 N–H and O–H groups in total. The van der Waals surface area contributed by atoms with Crippen molar-refractivity contribution in [1.29, 1.82) is 0 Å². The van der Waals surface area contributed by atoms with Crippen LogP contribution in [0.4, 0.5) is 0 Å². The number of benzene rings is 5. The van der Waals surface area contributed by atoms with Crippen molar-refractivity contribution < 1.29 is 33.7 Å². The molecular weight excluding hydrogens is 646 g/mol. The maximum atomic E-state index is 12.9. The highest BCUT2D eigenvalue weighted by molar-refractivity contribution is 6.15. The summed E-state index contributed by atoms with van der Waals surface area (Å²) in [7, 11) is 0. The van der Waals surface area contributed by atoms with Crippen molar-refractivity contribution in [3.05, 3.63) is 172 Å². The van der Waals surface area contributed by atoms with Gasteiger partial charge in [-0.1, -0.05) is 91.0 Å². The van der Waals surface area contributed by atoms with E-state index in [9.17, 15) is 19.5 Å². The zero-order valence-corrected chi connectivity index (χ0v) is 27.3. The van der Waals surface area contributed by atoms with Gasteiger partial charge in [-0.2, -0.15) is 0 Å². The van der Waals surface area contributed by atoms with Crippen LogP contribution in [0, 0.1) is 0 Å². The SMILES string of the molecule is O=C(NCc1ccc(C2O[C@H](Cn3cnc4ccccc43)[C@@H](c3ccccc3)[C@H](c3ccc(CO)cc3)O2)cc1)c1ccc2c(c1)C(=O)OC2=O. The van der Waals surface area contributed by atoms with E-state index in [0.29, 0.717) is 6.54 Å². The molecule has 0 saturated carbocycles. The van der Waals surface area contributed by atoms with Gasteiger partial charge in [-0.05, 0) is 52.6 Å². The fraction of sp³-hybridized carbons (Fsp3) is 0.171. The third-order valence-electron chi connectivity index (χ3n) is 9.49. The van der Waals surface area contributed by atoms with Gasteiger partial charge in [0.1, 0.15) is 0 Å². The van der Waals surface area contributed by atoms with Crippen LogP contribution in [-0.2, 0) is 33.9 Å². The molecule has 3 heterocycles. The van der Waals surface area contributed by atoms with E-state index < -0.39 is 18.2 Å². The van der Waals surface area contributed by atoms with Gasteiger partial charge in [0.05, 0.1) is 53.8 Å². The van der Waals surface area contributed by atoms with Crippen LogP contribution >= 0.6 is 0 Å². The molecule has 1 saturated heterocycles. The van der Waals surface area contributed by atoms with Gasteiger partial charge < -0.3 is 29.2 Å². The van der Waals surface area contributed by atoms with Gasteiger partial charge in [-0.15, -0.1) is 0 Å². The number of carbonyl (C=O) groups is 3. The summed E-state index contributed by atoms with van der Waals surface area (Å²) in [4.78, 5) is 41.3. The molecule has 0 aliphatic carbocycles. The number of aromatic nitrogens is 2. The molecule has 6 aromatic rings. The number of aliphatic hydroxyl groups excluding tert-OH is 1. The van der Waals surface area contributed by atoms with E-state index >= 15 is 0 Å². The van der Waals surface area contributed by atoms with Crippen molar-refractivity contribution in [2.24, 2.45) is 0 Å². The topological polar surface area (TPSA) is 129 Å². The Labute approximate surface area is 293 Å². The summed E-state index contributed by atoms with van der Waals surface area (Å²) < 4.78 is 20.5. The lowest BCUT2D eigenvalue weighted by molar-refractivity contribution is -0.263. The predicted octanol–water partition coefficient (Wildman–Crippen LogP) is 6.41. The van der Waals surface area contributed by atoms with Gasteiger partial charge in [0.2, 0.25) is 0 Å². The normalized spacial score (nSPS) is 19.9. The number of aliphatic hydroxyl groups is 1. The number of amides is 1. The van der Waals surface area contributed by atoms with Crippen molar-refractivity contribution >= 4 is 28.9 Å². The van der Waals surface area contributed by atoms with Crippen LogP contribution in [0.2, 0.25) is 0 Å². The quantitative estimate of drug-likeness (QED) is 0.133. The van der Waals surface area contributed by atoms with Crippen molar-refractivity contribution in [3.63, 3.8) is 0 Å². The number of hydrogen-bond donors (Lipinski definition) is 2. The molecule has 0 bridgehead atoms. The summed E-state index contributed by atoms with van der Waals surface area (Å²) in [5.74, 6) is -2.02. The first-order valence-electron chi connectivity index (χ1n) is 16.7. The first-order chi connectivity index (χ1) is 24.9. The van der Waals surface area contributed by atoms with Gasteiger partial charge in [0.25, 0.3) is 5.91 Å². The largest absolute Gasteiger partial charge is 0.392 e. The molecule has 1 unspecified atom stereocenters. The molecule has 51 heavy (non-hydrogen) atoms. The van der Waals surface area contributed by atoms with Gasteiger partial charge in [0, 0.05) is 23.6 Å². The second-order valence-electron chi connectivity index (χ2n) is 12.6. The Bertz CT molecular complexity index is 2230. The van der Waals surface area contributed by atoms with E-state index in [-0.39, 0.29) is 53.9 Å². The molecule has 10 heteroatoms. The molecule has 4 atom stereocenters. The predicted molar refractivity (Wildman–Crippen MR) is 187 cm³/mol. The van der Waals surface area contributed by atoms with Gasteiger partial charge in [-0.25, -0.2) is 14.6 Å². The van der Waals surface area contributed by atoms with E-state index in [0.717, 1.165) is 38.9 Å². The van der Waals surface area contributed by atoms with Gasteiger partial charge in [-0.3, -0.25) is 4.79 Å². The van der Waals surface area contributed by atoms with Gasteiger partial charge >= 0.3 is 11.9 Å². The van der Waals surface area contributed by atoms with Crippen LogP contribution in [0.25, 0.3) is 11.0 Å². The van der Waals surface area contributed by atoms with E-state index in [1.165, 1.54) is 18.2 Å². The number of para-hydroxylation sites is 2. The Morgan fingerprint density at radius 3 is 2.24 bits per heavy atom. The summed E-state index contributed by atoms with van der Waals surface area (Å²) in [5, 5.41) is 12.6. The molecule has 2 aliphatic heterocycles. The number of cyclic esters (lactones) is 2.